The van der Waals surface area contributed by atoms with E-state index in [-0.39, 0.29) is 16.2 Å². The summed E-state index contributed by atoms with van der Waals surface area (Å²) in [6, 6.07) is 18.1. The Morgan fingerprint density at radius 3 is 1.42 bits per heavy atom. The maximum absolute atomic E-state index is 2.43. The standard InChI is InChI=1S/C24H34/c1-22(2,3)19-14-20(23(4,5)6)16-21(15-19)24(7,8)17-18-12-10-9-11-13-18/h9-16H,17H2,1-8H3. The highest BCUT2D eigenvalue weighted by Gasteiger charge is 2.26. The number of hydrogen-bond acceptors (Lipinski definition) is 0. The molecule has 2 aromatic carbocycles. The van der Waals surface area contributed by atoms with Crippen LogP contribution in [0.1, 0.15) is 77.6 Å². The summed E-state index contributed by atoms with van der Waals surface area (Å²) < 4.78 is 0. The molecule has 0 N–H and O–H groups in total. The Morgan fingerprint density at radius 2 is 1.00 bits per heavy atom. The Morgan fingerprint density at radius 1 is 0.583 bits per heavy atom. The first kappa shape index (κ1) is 18.8. The first-order chi connectivity index (χ1) is 10.9. The molecule has 0 unspecified atom stereocenters. The van der Waals surface area contributed by atoms with Crippen LogP contribution in [0.2, 0.25) is 0 Å². The minimum atomic E-state index is 0.114. The van der Waals surface area contributed by atoms with Gasteiger partial charge in [0.1, 0.15) is 0 Å². The van der Waals surface area contributed by atoms with E-state index in [1.807, 2.05) is 0 Å². The fourth-order valence-electron chi connectivity index (χ4n) is 3.09. The number of benzene rings is 2. The van der Waals surface area contributed by atoms with Gasteiger partial charge >= 0.3 is 0 Å². The Bertz CT molecular complexity index is 644. The lowest BCUT2D eigenvalue weighted by Gasteiger charge is -2.32. The van der Waals surface area contributed by atoms with E-state index in [1.54, 1.807) is 0 Å². The molecule has 2 rings (SSSR count). The predicted molar refractivity (Wildman–Crippen MR) is 107 cm³/mol. The third kappa shape index (κ3) is 4.50. The van der Waals surface area contributed by atoms with Crippen molar-refractivity contribution in [2.75, 3.05) is 0 Å². The van der Waals surface area contributed by atoms with E-state index in [0.717, 1.165) is 6.42 Å². The van der Waals surface area contributed by atoms with Crippen LogP contribution in [-0.4, -0.2) is 0 Å². The highest BCUT2D eigenvalue weighted by atomic mass is 14.3. The molecule has 0 saturated carbocycles. The minimum Gasteiger partial charge on any atom is -0.0622 e. The van der Waals surface area contributed by atoms with E-state index < -0.39 is 0 Å². The molecule has 0 aromatic heterocycles. The maximum atomic E-state index is 2.43. The van der Waals surface area contributed by atoms with Crippen LogP contribution in [0.5, 0.6) is 0 Å². The molecule has 0 fully saturated rings. The Labute approximate surface area is 149 Å². The molecule has 24 heavy (non-hydrogen) atoms. The van der Waals surface area contributed by atoms with E-state index in [9.17, 15) is 0 Å². The van der Waals surface area contributed by atoms with Gasteiger partial charge in [0, 0.05) is 0 Å². The Hall–Kier alpha value is -1.56. The van der Waals surface area contributed by atoms with Crippen molar-refractivity contribution in [3.05, 3.63) is 70.8 Å². The summed E-state index contributed by atoms with van der Waals surface area (Å²) in [5.41, 5.74) is 6.17. The van der Waals surface area contributed by atoms with Gasteiger partial charge in [0.2, 0.25) is 0 Å². The molecule has 0 nitrogen and oxygen atoms in total. The second-order valence-corrected chi connectivity index (χ2v) is 9.85. The van der Waals surface area contributed by atoms with E-state index in [4.69, 9.17) is 0 Å². The lowest BCUT2D eigenvalue weighted by atomic mass is 9.73. The first-order valence-corrected chi connectivity index (χ1v) is 9.10. The van der Waals surface area contributed by atoms with Crippen molar-refractivity contribution in [2.45, 2.75) is 78.1 Å². The maximum Gasteiger partial charge on any atom is -0.00630 e. The van der Waals surface area contributed by atoms with Gasteiger partial charge in [-0.2, -0.15) is 0 Å². The summed E-state index contributed by atoms with van der Waals surface area (Å²) in [4.78, 5) is 0. The molecular weight excluding hydrogens is 288 g/mol. The molecule has 0 heteroatoms. The van der Waals surface area contributed by atoms with Crippen LogP contribution in [-0.2, 0) is 22.7 Å². The summed E-state index contributed by atoms with van der Waals surface area (Å²) in [7, 11) is 0. The fourth-order valence-corrected chi connectivity index (χ4v) is 3.09. The van der Waals surface area contributed by atoms with Crippen molar-refractivity contribution in [1.29, 1.82) is 0 Å². The average Bonchev–Trinajstić information content (AvgIpc) is 2.45. The zero-order chi connectivity index (χ0) is 18.2. The molecule has 0 bridgehead atoms. The van der Waals surface area contributed by atoms with Crippen LogP contribution in [0, 0.1) is 0 Å². The van der Waals surface area contributed by atoms with Crippen LogP contribution < -0.4 is 0 Å². The fraction of sp³-hybridized carbons (Fsp3) is 0.500. The van der Waals surface area contributed by atoms with Gasteiger partial charge in [0.05, 0.1) is 0 Å². The highest BCUT2D eigenvalue weighted by Crippen LogP contribution is 2.36. The van der Waals surface area contributed by atoms with Crippen molar-refractivity contribution in [3.8, 4) is 0 Å². The molecule has 0 radical (unpaired) electrons. The average molecular weight is 323 g/mol. The molecular formula is C24H34. The summed E-state index contributed by atoms with van der Waals surface area (Å²) in [6.45, 7) is 18.6. The van der Waals surface area contributed by atoms with Gasteiger partial charge < -0.3 is 0 Å². The number of hydrogen-bond donors (Lipinski definition) is 0. The quantitative estimate of drug-likeness (QED) is 0.583. The largest absolute Gasteiger partial charge is 0.0622 e. The van der Waals surface area contributed by atoms with Crippen molar-refractivity contribution < 1.29 is 0 Å². The van der Waals surface area contributed by atoms with Gasteiger partial charge in [0.25, 0.3) is 0 Å². The second-order valence-electron chi connectivity index (χ2n) is 9.85. The van der Waals surface area contributed by atoms with E-state index >= 15 is 0 Å². The lowest BCUT2D eigenvalue weighted by Crippen LogP contribution is -2.24. The molecule has 0 aliphatic carbocycles. The van der Waals surface area contributed by atoms with Crippen LogP contribution in [0.15, 0.2) is 48.5 Å². The van der Waals surface area contributed by atoms with Crippen LogP contribution >= 0.6 is 0 Å². The first-order valence-electron chi connectivity index (χ1n) is 9.10. The smallest absolute Gasteiger partial charge is 0.00630 e. The molecule has 0 aliphatic heterocycles. The molecule has 0 aliphatic rings. The SMILES string of the molecule is CC(C)(C)c1cc(C(C)(C)C)cc(C(C)(C)Cc2ccccc2)c1. The molecule has 0 amide bonds. The Balaban J connectivity index is 2.51. The van der Waals surface area contributed by atoms with Crippen LogP contribution in [0.4, 0.5) is 0 Å². The number of rotatable bonds is 3. The third-order valence-electron chi connectivity index (χ3n) is 4.94. The molecule has 2 aromatic rings. The van der Waals surface area contributed by atoms with Crippen molar-refractivity contribution >= 4 is 0 Å². The molecule has 130 valence electrons. The summed E-state index contributed by atoms with van der Waals surface area (Å²) in [5, 5.41) is 0. The second kappa shape index (κ2) is 6.39. The molecule has 0 saturated heterocycles. The summed E-state index contributed by atoms with van der Waals surface area (Å²) >= 11 is 0. The van der Waals surface area contributed by atoms with Gasteiger partial charge in [-0.05, 0) is 44.9 Å². The summed E-state index contributed by atoms with van der Waals surface area (Å²) in [6.07, 6.45) is 1.06. The lowest BCUT2D eigenvalue weighted by molar-refractivity contribution is 0.510. The highest BCUT2D eigenvalue weighted by molar-refractivity contribution is 5.41. The third-order valence-corrected chi connectivity index (χ3v) is 4.94. The monoisotopic (exact) mass is 322 g/mol. The summed E-state index contributed by atoms with van der Waals surface area (Å²) in [5.74, 6) is 0. The normalized spacial score (nSPS) is 13.2. The minimum absolute atomic E-state index is 0.114. The Kier molecular flexibility index (Phi) is 5.00. The van der Waals surface area contributed by atoms with E-state index in [0.29, 0.717) is 0 Å². The predicted octanol–water partition coefficient (Wildman–Crippen LogP) is 6.80. The van der Waals surface area contributed by atoms with Gasteiger partial charge in [0.15, 0.2) is 0 Å². The molecule has 0 heterocycles. The van der Waals surface area contributed by atoms with Crippen molar-refractivity contribution in [3.63, 3.8) is 0 Å². The van der Waals surface area contributed by atoms with E-state index in [1.165, 1.54) is 22.3 Å². The van der Waals surface area contributed by atoms with Crippen molar-refractivity contribution in [1.82, 2.24) is 0 Å². The topological polar surface area (TPSA) is 0 Å². The van der Waals surface area contributed by atoms with Gasteiger partial charge in [-0.25, -0.2) is 0 Å². The molecule has 0 spiro atoms. The van der Waals surface area contributed by atoms with Crippen molar-refractivity contribution in [2.24, 2.45) is 0 Å². The van der Waals surface area contributed by atoms with Crippen LogP contribution in [0.25, 0.3) is 0 Å². The van der Waals surface area contributed by atoms with Gasteiger partial charge in [-0.3, -0.25) is 0 Å². The zero-order valence-electron chi connectivity index (χ0n) is 16.8. The van der Waals surface area contributed by atoms with E-state index in [2.05, 4.69) is 104 Å². The van der Waals surface area contributed by atoms with Gasteiger partial charge in [-0.1, -0.05) is 104 Å². The van der Waals surface area contributed by atoms with Crippen LogP contribution in [0.3, 0.4) is 0 Å². The molecule has 0 atom stereocenters. The zero-order valence-corrected chi connectivity index (χ0v) is 16.8. The van der Waals surface area contributed by atoms with Gasteiger partial charge in [-0.15, -0.1) is 0 Å².